The lowest BCUT2D eigenvalue weighted by atomic mass is 10.2. The molecule has 0 unspecified atom stereocenters. The second-order valence-electron chi connectivity index (χ2n) is 3.99. The van der Waals surface area contributed by atoms with Gasteiger partial charge < -0.3 is 0 Å². The molecule has 0 saturated heterocycles. The predicted molar refractivity (Wildman–Crippen MR) is 84.9 cm³/mol. The van der Waals surface area contributed by atoms with Crippen molar-refractivity contribution in [3.63, 3.8) is 0 Å². The van der Waals surface area contributed by atoms with E-state index >= 15 is 0 Å². The summed E-state index contributed by atoms with van der Waals surface area (Å²) in [5, 5.41) is 6.22. The summed E-state index contributed by atoms with van der Waals surface area (Å²) in [7, 11) is 0. The third-order valence-electron chi connectivity index (χ3n) is 2.40. The fourth-order valence-corrected chi connectivity index (χ4v) is 2.40. The molecule has 0 saturated carbocycles. The van der Waals surface area contributed by atoms with Crippen LogP contribution >= 0.6 is 22.9 Å². The number of carbonyl (C=O) groups excluding carboxylic acids is 1. The number of benzene rings is 1. The summed E-state index contributed by atoms with van der Waals surface area (Å²) in [6, 6.07) is 13.5. The zero-order valence-electron chi connectivity index (χ0n) is 10.6. The first kappa shape index (κ1) is 14.5. The molecule has 1 amide bonds. The van der Waals surface area contributed by atoms with Gasteiger partial charge >= 0.3 is 0 Å². The van der Waals surface area contributed by atoms with Gasteiger partial charge in [-0.1, -0.05) is 48.0 Å². The molecule has 0 fully saturated rings. The topological polar surface area (TPSA) is 41.5 Å². The maximum Gasteiger partial charge on any atom is 0.245 e. The molecule has 20 heavy (non-hydrogen) atoms. The van der Waals surface area contributed by atoms with E-state index in [4.69, 9.17) is 11.6 Å². The molecular formula is C15H13ClN2OS. The molecule has 0 aliphatic rings. The van der Waals surface area contributed by atoms with Gasteiger partial charge in [-0.25, -0.2) is 5.43 Å². The Bertz CT molecular complexity index is 606. The smallest absolute Gasteiger partial charge is 0.245 e. The minimum Gasteiger partial charge on any atom is -0.273 e. The van der Waals surface area contributed by atoms with Crippen molar-refractivity contribution in [2.45, 2.75) is 6.42 Å². The van der Waals surface area contributed by atoms with E-state index in [-0.39, 0.29) is 5.91 Å². The second-order valence-corrected chi connectivity index (χ2v) is 5.46. The molecule has 0 radical (unpaired) electrons. The van der Waals surface area contributed by atoms with Crippen molar-refractivity contribution < 1.29 is 4.79 Å². The fraction of sp³-hybridized carbons (Fsp3) is 0.0667. The van der Waals surface area contributed by atoms with Crippen LogP contribution in [0.4, 0.5) is 0 Å². The van der Waals surface area contributed by atoms with Crippen molar-refractivity contribution in [3.8, 4) is 0 Å². The zero-order chi connectivity index (χ0) is 14.2. The summed E-state index contributed by atoms with van der Waals surface area (Å²) >= 11 is 7.55. The summed E-state index contributed by atoms with van der Waals surface area (Å²) in [6.45, 7) is 0. The Morgan fingerprint density at radius 2 is 2.05 bits per heavy atom. The summed E-state index contributed by atoms with van der Waals surface area (Å²) in [5.74, 6) is -0.159. The Kier molecular flexibility index (Phi) is 5.53. The summed E-state index contributed by atoms with van der Waals surface area (Å²) in [6.07, 6.45) is 3.52. The number of thiophene rings is 1. The Labute approximate surface area is 126 Å². The minimum atomic E-state index is -0.159. The summed E-state index contributed by atoms with van der Waals surface area (Å²) in [4.78, 5) is 12.6. The molecule has 1 heterocycles. The summed E-state index contributed by atoms with van der Waals surface area (Å²) in [5.41, 5.74) is 3.43. The van der Waals surface area contributed by atoms with Crippen LogP contribution in [0.15, 0.2) is 58.0 Å². The molecule has 0 aliphatic carbocycles. The number of hydrogen-bond acceptors (Lipinski definition) is 3. The average molecular weight is 305 g/mol. The maximum atomic E-state index is 11.6. The molecule has 2 rings (SSSR count). The van der Waals surface area contributed by atoms with E-state index in [0.717, 1.165) is 10.4 Å². The normalized spacial score (nSPS) is 11.8. The molecule has 0 bridgehead atoms. The van der Waals surface area contributed by atoms with Gasteiger partial charge in [0, 0.05) is 4.88 Å². The standard InChI is InChI=1S/C15H13ClN2OS/c16-13(9-12-5-2-1-3-6-12)11-17-18-15(19)10-14-7-4-8-20-14/h1-9,11H,10H2,(H,18,19)/b13-9+,17-11+. The van der Waals surface area contributed by atoms with Gasteiger partial charge in [-0.3, -0.25) is 4.79 Å². The van der Waals surface area contributed by atoms with Crippen LogP contribution < -0.4 is 5.43 Å². The lowest BCUT2D eigenvalue weighted by molar-refractivity contribution is -0.120. The van der Waals surface area contributed by atoms with Gasteiger partial charge in [-0.05, 0) is 23.1 Å². The highest BCUT2D eigenvalue weighted by Gasteiger charge is 2.02. The van der Waals surface area contributed by atoms with Crippen molar-refractivity contribution in [1.82, 2.24) is 5.43 Å². The van der Waals surface area contributed by atoms with E-state index in [2.05, 4.69) is 10.5 Å². The van der Waals surface area contributed by atoms with Crippen LogP contribution in [-0.2, 0) is 11.2 Å². The van der Waals surface area contributed by atoms with Crippen LogP contribution in [0.3, 0.4) is 0 Å². The third kappa shape index (κ3) is 4.99. The highest BCUT2D eigenvalue weighted by Crippen LogP contribution is 2.09. The van der Waals surface area contributed by atoms with Gasteiger partial charge in [-0.2, -0.15) is 5.10 Å². The Morgan fingerprint density at radius 3 is 2.75 bits per heavy atom. The van der Waals surface area contributed by atoms with Crippen molar-refractivity contribution in [1.29, 1.82) is 0 Å². The maximum absolute atomic E-state index is 11.6. The number of nitrogens with zero attached hydrogens (tertiary/aromatic N) is 1. The van der Waals surface area contributed by atoms with Crippen LogP contribution in [0.2, 0.25) is 0 Å². The molecule has 1 aromatic heterocycles. The molecule has 102 valence electrons. The van der Waals surface area contributed by atoms with E-state index in [1.165, 1.54) is 6.21 Å². The highest BCUT2D eigenvalue weighted by molar-refractivity contribution is 7.10. The van der Waals surface area contributed by atoms with Crippen molar-refractivity contribution in [2.75, 3.05) is 0 Å². The Balaban J connectivity index is 1.84. The third-order valence-corrected chi connectivity index (χ3v) is 3.48. The molecule has 1 aromatic carbocycles. The van der Waals surface area contributed by atoms with Gasteiger partial charge in [0.15, 0.2) is 0 Å². The van der Waals surface area contributed by atoms with Gasteiger partial charge in [-0.15, -0.1) is 11.3 Å². The number of allylic oxidation sites excluding steroid dienone is 1. The van der Waals surface area contributed by atoms with Gasteiger partial charge in [0.05, 0.1) is 17.7 Å². The first-order valence-corrected chi connectivity index (χ1v) is 7.26. The number of amides is 1. The summed E-state index contributed by atoms with van der Waals surface area (Å²) < 4.78 is 0. The number of nitrogens with one attached hydrogen (secondary N) is 1. The lowest BCUT2D eigenvalue weighted by Crippen LogP contribution is -2.19. The number of hydrogen-bond donors (Lipinski definition) is 1. The van der Waals surface area contributed by atoms with Crippen LogP contribution in [-0.4, -0.2) is 12.1 Å². The quantitative estimate of drug-likeness (QED) is 0.664. The van der Waals surface area contributed by atoms with E-state index < -0.39 is 0 Å². The van der Waals surface area contributed by atoms with E-state index in [0.29, 0.717) is 11.5 Å². The first-order chi connectivity index (χ1) is 9.74. The molecular weight excluding hydrogens is 292 g/mol. The molecule has 0 aliphatic heterocycles. The lowest BCUT2D eigenvalue weighted by Gasteiger charge is -1.97. The first-order valence-electron chi connectivity index (χ1n) is 6.00. The van der Waals surface area contributed by atoms with Crippen LogP contribution in [0, 0.1) is 0 Å². The molecule has 0 spiro atoms. The van der Waals surface area contributed by atoms with Crippen LogP contribution in [0.1, 0.15) is 10.4 Å². The van der Waals surface area contributed by atoms with Crippen LogP contribution in [0.25, 0.3) is 6.08 Å². The van der Waals surface area contributed by atoms with E-state index in [1.54, 1.807) is 17.4 Å². The van der Waals surface area contributed by atoms with E-state index in [9.17, 15) is 4.79 Å². The van der Waals surface area contributed by atoms with Crippen molar-refractivity contribution in [2.24, 2.45) is 5.10 Å². The number of carbonyl (C=O) groups is 1. The predicted octanol–water partition coefficient (Wildman–Crippen LogP) is 3.67. The van der Waals surface area contributed by atoms with Crippen molar-refractivity contribution in [3.05, 3.63) is 63.3 Å². The minimum absolute atomic E-state index is 0.159. The van der Waals surface area contributed by atoms with Crippen molar-refractivity contribution >= 4 is 41.1 Å². The second kappa shape index (κ2) is 7.62. The number of rotatable bonds is 5. The van der Waals surface area contributed by atoms with Crippen LogP contribution in [0.5, 0.6) is 0 Å². The van der Waals surface area contributed by atoms with Gasteiger partial charge in [0.2, 0.25) is 5.91 Å². The highest BCUT2D eigenvalue weighted by atomic mass is 35.5. The zero-order valence-corrected chi connectivity index (χ0v) is 12.2. The Hall–Kier alpha value is -1.91. The Morgan fingerprint density at radius 1 is 1.25 bits per heavy atom. The number of halogens is 1. The monoisotopic (exact) mass is 304 g/mol. The van der Waals surface area contributed by atoms with E-state index in [1.807, 2.05) is 47.8 Å². The molecule has 3 nitrogen and oxygen atoms in total. The molecule has 0 atom stereocenters. The SMILES string of the molecule is O=C(Cc1cccs1)N/N=C/C(Cl)=C\c1ccccc1. The van der Waals surface area contributed by atoms with Gasteiger partial charge in [0.25, 0.3) is 0 Å². The molecule has 1 N–H and O–H groups in total. The van der Waals surface area contributed by atoms with Gasteiger partial charge in [0.1, 0.15) is 0 Å². The fourth-order valence-electron chi connectivity index (χ4n) is 1.52. The average Bonchev–Trinajstić information content (AvgIpc) is 2.92. The molecule has 5 heteroatoms. The molecule has 2 aromatic rings. The number of hydrazone groups is 1. The largest absolute Gasteiger partial charge is 0.273 e.